The van der Waals surface area contributed by atoms with Crippen LogP contribution in [0.2, 0.25) is 0 Å². The van der Waals surface area contributed by atoms with Crippen LogP contribution in [0, 0.1) is 0 Å². The second-order valence-electron chi connectivity index (χ2n) is 1.88. The number of nitrogens with two attached hydrogens (primary N) is 1. The van der Waals surface area contributed by atoms with Crippen molar-refractivity contribution in [3.8, 4) is 0 Å². The number of hydrogen-bond acceptors (Lipinski definition) is 5. The molecule has 11 heavy (non-hydrogen) atoms. The number of esters is 1. The Kier molecular flexibility index (Phi) is 3.43. The average molecular weight is 183 g/mol. The quantitative estimate of drug-likeness (QED) is 0.402. The molecule has 0 aromatic carbocycles. The molecule has 0 aliphatic rings. The fourth-order valence-corrected chi connectivity index (χ4v) is 1.04. The third kappa shape index (κ3) is 4.71. The third-order valence-corrected chi connectivity index (χ3v) is 1.67. The molecule has 0 aromatic heterocycles. The minimum Gasteiger partial charge on any atom is -0.468 e. The molecule has 0 spiro atoms. The molecule has 1 atom stereocenters. The molecule has 0 heterocycles. The first kappa shape index (κ1) is 10.3. The van der Waals surface area contributed by atoms with E-state index in [4.69, 9.17) is 10.3 Å². The molecule has 0 aliphatic carbocycles. The number of hydrogen-bond donors (Lipinski definition) is 2. The van der Waals surface area contributed by atoms with E-state index in [0.717, 1.165) is 7.11 Å². The van der Waals surface area contributed by atoms with Crippen molar-refractivity contribution in [2.24, 2.45) is 5.73 Å². The minimum atomic E-state index is -4.20. The van der Waals surface area contributed by atoms with Gasteiger partial charge in [-0.3, -0.25) is 9.35 Å². The van der Waals surface area contributed by atoms with Gasteiger partial charge in [0.2, 0.25) is 0 Å². The number of methoxy groups -OCH3 is 1. The van der Waals surface area contributed by atoms with E-state index in [9.17, 15) is 13.2 Å². The SMILES string of the molecule is COC(=O)[C@H](N)CS(=O)(=O)O. The maximum atomic E-state index is 10.5. The second kappa shape index (κ2) is 3.65. The van der Waals surface area contributed by atoms with Crippen LogP contribution in [-0.4, -0.2) is 37.8 Å². The lowest BCUT2D eigenvalue weighted by Gasteiger charge is -2.05. The summed E-state index contributed by atoms with van der Waals surface area (Å²) in [7, 11) is -3.13. The Bertz CT molecular complexity index is 233. The molecule has 0 aliphatic heterocycles. The predicted molar refractivity (Wildman–Crippen MR) is 36.4 cm³/mol. The smallest absolute Gasteiger partial charge is 0.323 e. The molecule has 66 valence electrons. The normalized spacial score (nSPS) is 14.1. The van der Waals surface area contributed by atoms with Crippen LogP contribution in [0.3, 0.4) is 0 Å². The van der Waals surface area contributed by atoms with Crippen LogP contribution in [0.15, 0.2) is 0 Å². The second-order valence-corrected chi connectivity index (χ2v) is 3.38. The molecular formula is C4H9NO5S. The molecular weight excluding hydrogens is 174 g/mol. The van der Waals surface area contributed by atoms with Gasteiger partial charge in [-0.05, 0) is 0 Å². The van der Waals surface area contributed by atoms with Crippen molar-refractivity contribution in [3.63, 3.8) is 0 Å². The summed E-state index contributed by atoms with van der Waals surface area (Å²) in [5.74, 6) is -1.69. The molecule has 0 rings (SSSR count). The van der Waals surface area contributed by atoms with E-state index >= 15 is 0 Å². The minimum absolute atomic E-state index is 0.820. The van der Waals surface area contributed by atoms with Gasteiger partial charge >= 0.3 is 5.97 Å². The fraction of sp³-hybridized carbons (Fsp3) is 0.750. The average Bonchev–Trinajstić information content (AvgIpc) is 1.82. The molecule has 0 saturated carbocycles. The van der Waals surface area contributed by atoms with E-state index in [1.165, 1.54) is 0 Å². The zero-order valence-electron chi connectivity index (χ0n) is 5.85. The topological polar surface area (TPSA) is 107 Å². The maximum Gasteiger partial charge on any atom is 0.323 e. The predicted octanol–water partition coefficient (Wildman–Crippen LogP) is -1.63. The summed E-state index contributed by atoms with van der Waals surface area (Å²) in [5.41, 5.74) is 5.00. The summed E-state index contributed by atoms with van der Waals surface area (Å²) in [4.78, 5) is 10.5. The largest absolute Gasteiger partial charge is 0.468 e. The molecule has 3 N–H and O–H groups in total. The fourth-order valence-electron chi connectivity index (χ4n) is 0.446. The zero-order valence-corrected chi connectivity index (χ0v) is 6.67. The van der Waals surface area contributed by atoms with Crippen molar-refractivity contribution in [3.05, 3.63) is 0 Å². The molecule has 0 aromatic rings. The van der Waals surface area contributed by atoms with E-state index in [-0.39, 0.29) is 0 Å². The summed E-state index contributed by atoms with van der Waals surface area (Å²) in [6.45, 7) is 0. The van der Waals surface area contributed by atoms with Gasteiger partial charge in [0.1, 0.15) is 11.8 Å². The molecule has 0 amide bonds. The first-order valence-corrected chi connectivity index (χ1v) is 4.26. The van der Waals surface area contributed by atoms with E-state index < -0.39 is 27.9 Å². The van der Waals surface area contributed by atoms with Crippen molar-refractivity contribution in [1.29, 1.82) is 0 Å². The van der Waals surface area contributed by atoms with Gasteiger partial charge in [0.25, 0.3) is 10.1 Å². The molecule has 0 unspecified atom stereocenters. The number of ether oxygens (including phenoxy) is 1. The Hall–Kier alpha value is -0.660. The highest BCUT2D eigenvalue weighted by atomic mass is 32.2. The standard InChI is InChI=1S/C4H9NO5S/c1-10-4(6)3(5)2-11(7,8)9/h3H,2,5H2,1H3,(H,7,8,9)/t3-/m1/s1. The first-order chi connectivity index (χ1) is 4.87. The van der Waals surface area contributed by atoms with Crippen molar-refractivity contribution < 1.29 is 22.5 Å². The maximum absolute atomic E-state index is 10.5. The van der Waals surface area contributed by atoms with Crippen LogP contribution in [-0.2, 0) is 19.6 Å². The summed E-state index contributed by atoms with van der Waals surface area (Å²) in [6, 6.07) is -1.32. The van der Waals surface area contributed by atoms with Gasteiger partial charge in [0.05, 0.1) is 7.11 Å². The van der Waals surface area contributed by atoms with Crippen LogP contribution >= 0.6 is 0 Å². The summed E-state index contributed by atoms with van der Waals surface area (Å²) in [5, 5.41) is 0. The summed E-state index contributed by atoms with van der Waals surface area (Å²) in [6.07, 6.45) is 0. The highest BCUT2D eigenvalue weighted by Gasteiger charge is 2.20. The van der Waals surface area contributed by atoms with E-state index in [0.29, 0.717) is 0 Å². The molecule has 0 radical (unpaired) electrons. The number of carbonyl (C=O) groups is 1. The lowest BCUT2D eigenvalue weighted by molar-refractivity contribution is -0.141. The van der Waals surface area contributed by atoms with Crippen molar-refractivity contribution in [2.75, 3.05) is 12.9 Å². The van der Waals surface area contributed by atoms with Crippen LogP contribution in [0.4, 0.5) is 0 Å². The Morgan fingerprint density at radius 1 is 1.73 bits per heavy atom. The van der Waals surface area contributed by atoms with Crippen molar-refractivity contribution >= 4 is 16.1 Å². The summed E-state index contributed by atoms with van der Waals surface area (Å²) >= 11 is 0. The van der Waals surface area contributed by atoms with Gasteiger partial charge in [0.15, 0.2) is 0 Å². The van der Waals surface area contributed by atoms with Crippen molar-refractivity contribution in [1.82, 2.24) is 0 Å². The van der Waals surface area contributed by atoms with Gasteiger partial charge < -0.3 is 10.5 Å². The molecule has 7 heteroatoms. The molecule has 6 nitrogen and oxygen atoms in total. The molecule has 0 saturated heterocycles. The van der Waals surface area contributed by atoms with Crippen LogP contribution in [0.25, 0.3) is 0 Å². The van der Waals surface area contributed by atoms with E-state index in [1.54, 1.807) is 0 Å². The Balaban J connectivity index is 4.09. The monoisotopic (exact) mass is 183 g/mol. The molecule has 0 bridgehead atoms. The Labute approximate surface area is 64.1 Å². The van der Waals surface area contributed by atoms with Gasteiger partial charge in [-0.1, -0.05) is 0 Å². The third-order valence-electron chi connectivity index (χ3n) is 0.894. The summed E-state index contributed by atoms with van der Waals surface area (Å²) < 4.78 is 32.6. The van der Waals surface area contributed by atoms with Crippen LogP contribution in [0.1, 0.15) is 0 Å². The molecule has 0 fully saturated rings. The van der Waals surface area contributed by atoms with Gasteiger partial charge in [0, 0.05) is 0 Å². The highest BCUT2D eigenvalue weighted by molar-refractivity contribution is 7.85. The zero-order chi connectivity index (χ0) is 9.07. The Morgan fingerprint density at radius 3 is 2.45 bits per heavy atom. The number of rotatable bonds is 3. The lowest BCUT2D eigenvalue weighted by atomic mass is 10.4. The van der Waals surface area contributed by atoms with Gasteiger partial charge in [-0.25, -0.2) is 0 Å². The van der Waals surface area contributed by atoms with Crippen LogP contribution in [0.5, 0.6) is 0 Å². The number of carbonyl (C=O) groups excluding carboxylic acids is 1. The van der Waals surface area contributed by atoms with Crippen molar-refractivity contribution in [2.45, 2.75) is 6.04 Å². The van der Waals surface area contributed by atoms with Crippen LogP contribution < -0.4 is 5.73 Å². The van der Waals surface area contributed by atoms with E-state index in [2.05, 4.69) is 4.74 Å². The Morgan fingerprint density at radius 2 is 2.18 bits per heavy atom. The lowest BCUT2D eigenvalue weighted by Crippen LogP contribution is -2.38. The highest BCUT2D eigenvalue weighted by Crippen LogP contribution is 1.89. The first-order valence-electron chi connectivity index (χ1n) is 2.65. The van der Waals surface area contributed by atoms with Gasteiger partial charge in [-0.15, -0.1) is 0 Å². The van der Waals surface area contributed by atoms with E-state index in [1.807, 2.05) is 0 Å². The van der Waals surface area contributed by atoms with Gasteiger partial charge in [-0.2, -0.15) is 8.42 Å².